The summed E-state index contributed by atoms with van der Waals surface area (Å²) in [6, 6.07) is 6.87. The first-order chi connectivity index (χ1) is 9.20. The van der Waals surface area contributed by atoms with Crippen LogP contribution < -0.4 is 4.72 Å². The molecule has 1 heterocycles. The minimum absolute atomic E-state index is 0.0122. The molecule has 0 unspecified atom stereocenters. The van der Waals surface area contributed by atoms with E-state index in [0.717, 1.165) is 5.56 Å². The van der Waals surface area contributed by atoms with Crippen molar-refractivity contribution in [2.75, 3.05) is 4.72 Å². The third-order valence-electron chi connectivity index (χ3n) is 2.98. The molecule has 2 rings (SSSR count). The van der Waals surface area contributed by atoms with Gasteiger partial charge in [-0.3, -0.25) is 4.72 Å². The lowest BCUT2D eigenvalue weighted by molar-refractivity contribution is 0.587. The molecule has 6 nitrogen and oxygen atoms in total. The van der Waals surface area contributed by atoms with E-state index in [-0.39, 0.29) is 10.3 Å². The zero-order chi connectivity index (χ0) is 15.0. The summed E-state index contributed by atoms with van der Waals surface area (Å²) < 4.78 is 28.3. The van der Waals surface area contributed by atoms with E-state index in [1.165, 1.54) is 10.9 Å². The Morgan fingerprint density at radius 3 is 2.20 bits per heavy atom. The smallest absolute Gasteiger partial charge is 0.262 e. The Morgan fingerprint density at radius 1 is 1.15 bits per heavy atom. The zero-order valence-electron chi connectivity index (χ0n) is 12.0. The predicted molar refractivity (Wildman–Crippen MR) is 77.0 cm³/mol. The molecule has 0 saturated carbocycles. The molecule has 1 aromatic heterocycles. The van der Waals surface area contributed by atoms with Gasteiger partial charge in [-0.2, -0.15) is 0 Å². The largest absolute Gasteiger partial charge is 0.263 e. The van der Waals surface area contributed by atoms with E-state index in [1.54, 1.807) is 19.2 Å². The third-order valence-corrected chi connectivity index (χ3v) is 4.35. The maximum Gasteiger partial charge on any atom is 0.263 e. The second-order valence-corrected chi connectivity index (χ2v) is 7.31. The average molecular weight is 294 g/mol. The molecule has 0 aliphatic heterocycles. The van der Waals surface area contributed by atoms with Crippen molar-refractivity contribution in [3.8, 4) is 0 Å². The van der Waals surface area contributed by atoms with Crippen LogP contribution in [0, 0.1) is 0 Å². The average Bonchev–Trinajstić information content (AvgIpc) is 2.73. The van der Waals surface area contributed by atoms with Gasteiger partial charge in [-0.25, -0.2) is 13.1 Å². The first-order valence-corrected chi connectivity index (χ1v) is 7.66. The molecule has 0 radical (unpaired) electrons. The van der Waals surface area contributed by atoms with Crippen molar-refractivity contribution in [1.82, 2.24) is 15.0 Å². The van der Waals surface area contributed by atoms with Crippen LogP contribution in [-0.4, -0.2) is 23.4 Å². The Kier molecular flexibility index (Phi) is 3.56. The molecule has 0 saturated heterocycles. The number of nitrogens with one attached hydrogen (secondary N) is 1. The zero-order valence-corrected chi connectivity index (χ0v) is 12.8. The van der Waals surface area contributed by atoms with E-state index in [4.69, 9.17) is 0 Å². The van der Waals surface area contributed by atoms with E-state index in [0.29, 0.717) is 5.82 Å². The highest BCUT2D eigenvalue weighted by Crippen LogP contribution is 2.24. The van der Waals surface area contributed by atoms with Crippen molar-refractivity contribution >= 4 is 15.8 Å². The molecule has 0 bridgehead atoms. The van der Waals surface area contributed by atoms with Crippen LogP contribution in [0.1, 0.15) is 26.3 Å². The Bertz CT molecular complexity index is 697. The Morgan fingerprint density at radius 2 is 1.75 bits per heavy atom. The Hall–Kier alpha value is -1.89. The van der Waals surface area contributed by atoms with Crippen molar-refractivity contribution in [2.45, 2.75) is 31.1 Å². The minimum Gasteiger partial charge on any atom is -0.262 e. The molecule has 2 aromatic rings. The maximum absolute atomic E-state index is 12.2. The molecule has 0 atom stereocenters. The molecule has 0 aliphatic rings. The Balaban J connectivity index is 2.29. The highest BCUT2D eigenvalue weighted by Gasteiger charge is 2.18. The van der Waals surface area contributed by atoms with Crippen LogP contribution >= 0.6 is 0 Å². The molecule has 20 heavy (non-hydrogen) atoms. The number of nitrogens with zero attached hydrogens (tertiary/aromatic N) is 3. The molecular formula is C13H18N4O2S. The van der Waals surface area contributed by atoms with Gasteiger partial charge in [0.1, 0.15) is 0 Å². The van der Waals surface area contributed by atoms with Crippen molar-refractivity contribution in [2.24, 2.45) is 7.05 Å². The lowest BCUT2D eigenvalue weighted by atomic mass is 9.87. The summed E-state index contributed by atoms with van der Waals surface area (Å²) in [6.45, 7) is 6.24. The molecule has 0 aliphatic carbocycles. The third kappa shape index (κ3) is 2.98. The monoisotopic (exact) mass is 294 g/mol. The van der Waals surface area contributed by atoms with Crippen LogP contribution in [0.15, 0.2) is 35.4 Å². The topological polar surface area (TPSA) is 76.9 Å². The summed E-state index contributed by atoms with van der Waals surface area (Å²) in [4.78, 5) is 0.215. The van der Waals surface area contributed by atoms with Gasteiger partial charge in [-0.1, -0.05) is 38.1 Å². The summed E-state index contributed by atoms with van der Waals surface area (Å²) >= 11 is 0. The van der Waals surface area contributed by atoms with Crippen LogP contribution in [0.3, 0.4) is 0 Å². The van der Waals surface area contributed by atoms with Crippen molar-refractivity contribution in [1.29, 1.82) is 0 Å². The van der Waals surface area contributed by atoms with Gasteiger partial charge in [0.05, 0.1) is 11.1 Å². The fourth-order valence-electron chi connectivity index (χ4n) is 1.71. The maximum atomic E-state index is 12.2. The van der Waals surface area contributed by atoms with Crippen LogP contribution in [-0.2, 0) is 22.5 Å². The van der Waals surface area contributed by atoms with Gasteiger partial charge in [0.25, 0.3) is 10.0 Å². The van der Waals surface area contributed by atoms with Crippen molar-refractivity contribution < 1.29 is 8.42 Å². The standard InChI is InChI=1S/C13H18N4O2S/c1-13(2,3)10-5-7-11(8-6-10)20(18,19)15-12-9-14-16-17(12)4/h5-9,15H,1-4H3. The number of aryl methyl sites for hydroxylation is 1. The molecule has 7 heteroatoms. The number of aromatic nitrogens is 3. The fraction of sp³-hybridized carbons (Fsp3) is 0.385. The second kappa shape index (κ2) is 4.90. The molecule has 1 aromatic carbocycles. The van der Waals surface area contributed by atoms with Crippen LogP contribution in [0.25, 0.3) is 0 Å². The lowest BCUT2D eigenvalue weighted by Gasteiger charge is -2.19. The van der Waals surface area contributed by atoms with Crippen molar-refractivity contribution in [3.05, 3.63) is 36.0 Å². The van der Waals surface area contributed by atoms with Crippen LogP contribution in [0.2, 0.25) is 0 Å². The highest BCUT2D eigenvalue weighted by atomic mass is 32.2. The number of hydrogen-bond acceptors (Lipinski definition) is 4. The van der Waals surface area contributed by atoms with Gasteiger partial charge >= 0.3 is 0 Å². The second-order valence-electron chi connectivity index (χ2n) is 5.62. The molecule has 0 spiro atoms. The number of benzene rings is 1. The SMILES string of the molecule is Cn1nncc1NS(=O)(=O)c1ccc(C(C)(C)C)cc1. The van der Waals surface area contributed by atoms with E-state index < -0.39 is 10.0 Å². The first kappa shape index (κ1) is 14.5. The van der Waals surface area contributed by atoms with Gasteiger partial charge < -0.3 is 0 Å². The van der Waals surface area contributed by atoms with E-state index >= 15 is 0 Å². The van der Waals surface area contributed by atoms with E-state index in [2.05, 4.69) is 35.8 Å². The van der Waals surface area contributed by atoms with Gasteiger partial charge in [0.2, 0.25) is 0 Å². The Labute approximate surface area is 118 Å². The number of sulfonamides is 1. The summed E-state index contributed by atoms with van der Waals surface area (Å²) in [7, 11) is -2.00. The summed E-state index contributed by atoms with van der Waals surface area (Å²) in [5.74, 6) is 0.324. The molecule has 0 fully saturated rings. The summed E-state index contributed by atoms with van der Waals surface area (Å²) in [5, 5.41) is 7.31. The summed E-state index contributed by atoms with van der Waals surface area (Å²) in [6.07, 6.45) is 1.36. The number of hydrogen-bond donors (Lipinski definition) is 1. The highest BCUT2D eigenvalue weighted by molar-refractivity contribution is 7.92. The number of rotatable bonds is 3. The van der Waals surface area contributed by atoms with Crippen LogP contribution in [0.5, 0.6) is 0 Å². The molecule has 0 amide bonds. The van der Waals surface area contributed by atoms with Crippen molar-refractivity contribution in [3.63, 3.8) is 0 Å². The lowest BCUT2D eigenvalue weighted by Crippen LogP contribution is -2.16. The van der Waals surface area contributed by atoms with Gasteiger partial charge in [0, 0.05) is 7.05 Å². The summed E-state index contributed by atoms with van der Waals surface area (Å²) in [5.41, 5.74) is 1.07. The van der Waals surface area contributed by atoms with Gasteiger partial charge in [-0.05, 0) is 23.1 Å². The van der Waals surface area contributed by atoms with Gasteiger partial charge in [-0.15, -0.1) is 5.10 Å². The molecule has 1 N–H and O–H groups in total. The molecule has 108 valence electrons. The molecular weight excluding hydrogens is 276 g/mol. The quantitative estimate of drug-likeness (QED) is 0.938. The predicted octanol–water partition coefficient (Wildman–Crippen LogP) is 1.91. The van der Waals surface area contributed by atoms with Crippen LogP contribution in [0.4, 0.5) is 5.82 Å². The first-order valence-electron chi connectivity index (χ1n) is 6.18. The number of anilines is 1. The van der Waals surface area contributed by atoms with Gasteiger partial charge in [0.15, 0.2) is 5.82 Å². The fourth-order valence-corrected chi connectivity index (χ4v) is 2.79. The normalized spacial score (nSPS) is 12.4. The van der Waals surface area contributed by atoms with E-state index in [9.17, 15) is 8.42 Å². The minimum atomic E-state index is -3.62. The van der Waals surface area contributed by atoms with E-state index in [1.807, 2.05) is 12.1 Å².